The number of nitrogens with zero attached hydrogens (tertiary/aromatic N) is 1. The van der Waals surface area contributed by atoms with E-state index in [4.69, 9.17) is 15.2 Å². The Balaban J connectivity index is 2.10. The van der Waals surface area contributed by atoms with Gasteiger partial charge in [0.25, 0.3) is 0 Å². The minimum Gasteiger partial charge on any atom is -0.383 e. The number of hydrogen-bond acceptors (Lipinski definition) is 5. The summed E-state index contributed by atoms with van der Waals surface area (Å²) < 4.78 is 10.5. The monoisotopic (exact) mass is 288 g/mol. The van der Waals surface area contributed by atoms with E-state index in [0.29, 0.717) is 32.4 Å². The quantitative estimate of drug-likeness (QED) is 0.790. The molecule has 110 valence electrons. The van der Waals surface area contributed by atoms with Crippen molar-refractivity contribution in [3.8, 4) is 0 Å². The van der Waals surface area contributed by atoms with Crippen LogP contribution in [0.1, 0.15) is 13.3 Å². The summed E-state index contributed by atoms with van der Waals surface area (Å²) in [6.07, 6.45) is 1.06. The number of methoxy groups -OCH3 is 1. The van der Waals surface area contributed by atoms with Crippen LogP contribution in [0, 0.1) is 5.41 Å². The number of nitrogens with two attached hydrogens (primary N) is 1. The summed E-state index contributed by atoms with van der Waals surface area (Å²) in [6, 6.07) is 0.108. The van der Waals surface area contributed by atoms with Crippen molar-refractivity contribution >= 4 is 17.7 Å². The van der Waals surface area contributed by atoms with Crippen molar-refractivity contribution < 1.29 is 14.3 Å². The van der Waals surface area contributed by atoms with Crippen molar-refractivity contribution in [2.75, 3.05) is 45.0 Å². The highest BCUT2D eigenvalue weighted by Crippen LogP contribution is 2.32. The third-order valence-electron chi connectivity index (χ3n) is 4.15. The van der Waals surface area contributed by atoms with Gasteiger partial charge in [0.05, 0.1) is 25.2 Å². The number of carbonyl (C=O) groups is 1. The predicted molar refractivity (Wildman–Crippen MR) is 76.2 cm³/mol. The molecule has 3 atom stereocenters. The normalized spacial score (nSPS) is 34.7. The molecule has 2 heterocycles. The summed E-state index contributed by atoms with van der Waals surface area (Å²) >= 11 is 1.91. The van der Waals surface area contributed by atoms with Gasteiger partial charge in [-0.1, -0.05) is 0 Å². The third kappa shape index (κ3) is 3.07. The number of carbonyl (C=O) groups excluding carboxylic acids is 1. The number of ether oxygens (including phenoxy) is 2. The second kappa shape index (κ2) is 6.43. The molecule has 3 unspecified atom stereocenters. The molecule has 2 saturated heterocycles. The molecule has 2 fully saturated rings. The summed E-state index contributed by atoms with van der Waals surface area (Å²) in [6.45, 7) is 4.03. The number of amides is 1. The van der Waals surface area contributed by atoms with Gasteiger partial charge in [0.1, 0.15) is 0 Å². The molecule has 0 aliphatic carbocycles. The topological polar surface area (TPSA) is 64.8 Å². The average molecular weight is 288 g/mol. The second-order valence-electron chi connectivity index (χ2n) is 5.55. The summed E-state index contributed by atoms with van der Waals surface area (Å²) in [7, 11) is 1.66. The highest BCUT2D eigenvalue weighted by atomic mass is 32.2. The van der Waals surface area contributed by atoms with Crippen LogP contribution in [0.3, 0.4) is 0 Å². The fourth-order valence-electron chi connectivity index (χ4n) is 2.64. The average Bonchev–Trinajstić information content (AvgIpc) is 3.02. The van der Waals surface area contributed by atoms with Crippen LogP contribution in [0.5, 0.6) is 0 Å². The number of rotatable bonds is 5. The lowest BCUT2D eigenvalue weighted by molar-refractivity contribution is -0.144. The first kappa shape index (κ1) is 15.1. The molecule has 0 bridgehead atoms. The van der Waals surface area contributed by atoms with E-state index in [2.05, 4.69) is 0 Å². The molecule has 0 aromatic rings. The Bertz CT molecular complexity index is 323. The first-order valence-electron chi connectivity index (χ1n) is 6.80. The highest BCUT2D eigenvalue weighted by molar-refractivity contribution is 7.99. The minimum atomic E-state index is -0.582. The van der Waals surface area contributed by atoms with Gasteiger partial charge in [0.2, 0.25) is 5.91 Å². The Hall–Kier alpha value is -0.300. The van der Waals surface area contributed by atoms with Crippen LogP contribution in [-0.4, -0.2) is 67.9 Å². The van der Waals surface area contributed by atoms with Crippen molar-refractivity contribution in [2.24, 2.45) is 11.1 Å². The van der Waals surface area contributed by atoms with Crippen LogP contribution in [0.15, 0.2) is 0 Å². The molecule has 2 aliphatic heterocycles. The molecule has 0 saturated carbocycles. The largest absolute Gasteiger partial charge is 0.383 e. The molecule has 1 amide bonds. The fourth-order valence-corrected chi connectivity index (χ4v) is 3.87. The van der Waals surface area contributed by atoms with Gasteiger partial charge in [-0.25, -0.2) is 0 Å². The SMILES string of the molecule is COCCN(C(=O)C1(C)COCC1N)C1CCSC1. The Morgan fingerprint density at radius 3 is 2.95 bits per heavy atom. The van der Waals surface area contributed by atoms with Crippen LogP contribution in [0.2, 0.25) is 0 Å². The van der Waals surface area contributed by atoms with E-state index in [9.17, 15) is 4.79 Å². The number of thioether (sulfide) groups is 1. The first-order valence-corrected chi connectivity index (χ1v) is 7.96. The zero-order valence-corrected chi connectivity index (χ0v) is 12.6. The number of hydrogen-bond donors (Lipinski definition) is 1. The van der Waals surface area contributed by atoms with Crippen molar-refractivity contribution in [3.63, 3.8) is 0 Å². The van der Waals surface area contributed by atoms with Gasteiger partial charge >= 0.3 is 0 Å². The van der Waals surface area contributed by atoms with E-state index in [-0.39, 0.29) is 11.9 Å². The van der Waals surface area contributed by atoms with E-state index in [1.165, 1.54) is 0 Å². The zero-order valence-electron chi connectivity index (χ0n) is 11.8. The van der Waals surface area contributed by atoms with Gasteiger partial charge in [-0.15, -0.1) is 0 Å². The molecule has 0 radical (unpaired) electrons. The summed E-state index contributed by atoms with van der Waals surface area (Å²) in [5, 5.41) is 0. The molecule has 2 rings (SSSR count). The lowest BCUT2D eigenvalue weighted by Gasteiger charge is -2.36. The van der Waals surface area contributed by atoms with Gasteiger partial charge in [-0.2, -0.15) is 11.8 Å². The summed E-state index contributed by atoms with van der Waals surface area (Å²) in [5.74, 6) is 2.27. The minimum absolute atomic E-state index is 0.127. The van der Waals surface area contributed by atoms with E-state index in [0.717, 1.165) is 17.9 Å². The first-order chi connectivity index (χ1) is 9.09. The van der Waals surface area contributed by atoms with Gasteiger partial charge < -0.3 is 20.1 Å². The lowest BCUT2D eigenvalue weighted by atomic mass is 9.83. The molecule has 2 N–H and O–H groups in total. The fraction of sp³-hybridized carbons (Fsp3) is 0.923. The second-order valence-corrected chi connectivity index (χ2v) is 6.70. The maximum atomic E-state index is 12.9. The van der Waals surface area contributed by atoms with E-state index >= 15 is 0 Å². The third-order valence-corrected chi connectivity index (χ3v) is 5.29. The molecule has 0 aromatic heterocycles. The van der Waals surface area contributed by atoms with Crippen LogP contribution < -0.4 is 5.73 Å². The van der Waals surface area contributed by atoms with Gasteiger partial charge in [0, 0.05) is 31.5 Å². The molecule has 19 heavy (non-hydrogen) atoms. The zero-order chi connectivity index (χ0) is 13.9. The molecule has 2 aliphatic rings. The smallest absolute Gasteiger partial charge is 0.232 e. The molecule has 0 spiro atoms. The highest BCUT2D eigenvalue weighted by Gasteiger charge is 2.47. The van der Waals surface area contributed by atoms with Crippen molar-refractivity contribution in [1.29, 1.82) is 0 Å². The van der Waals surface area contributed by atoms with Gasteiger partial charge in [0.15, 0.2) is 0 Å². The van der Waals surface area contributed by atoms with Gasteiger partial charge in [-0.05, 0) is 19.1 Å². The standard InChI is InChI=1S/C13H24N2O3S/c1-13(9-18-7-11(13)14)12(16)15(4-5-17-2)10-3-6-19-8-10/h10-11H,3-9,14H2,1-2H3. The predicted octanol–water partition coefficient (Wildman–Crippen LogP) is 0.331. The summed E-state index contributed by atoms with van der Waals surface area (Å²) in [4.78, 5) is 14.8. The van der Waals surface area contributed by atoms with Crippen LogP contribution >= 0.6 is 11.8 Å². The Labute approximate surface area is 119 Å². The van der Waals surface area contributed by atoms with Crippen LogP contribution in [0.25, 0.3) is 0 Å². The summed E-state index contributed by atoms with van der Waals surface area (Å²) in [5.41, 5.74) is 5.49. The van der Waals surface area contributed by atoms with Crippen LogP contribution in [0.4, 0.5) is 0 Å². The van der Waals surface area contributed by atoms with Crippen molar-refractivity contribution in [3.05, 3.63) is 0 Å². The Kier molecular flexibility index (Phi) is 5.11. The lowest BCUT2D eigenvalue weighted by Crippen LogP contribution is -2.55. The maximum absolute atomic E-state index is 12.9. The van der Waals surface area contributed by atoms with Crippen molar-refractivity contribution in [1.82, 2.24) is 4.90 Å². The molecular formula is C13H24N2O3S. The van der Waals surface area contributed by atoms with E-state index < -0.39 is 5.41 Å². The molecular weight excluding hydrogens is 264 g/mol. The van der Waals surface area contributed by atoms with Gasteiger partial charge in [-0.3, -0.25) is 4.79 Å². The van der Waals surface area contributed by atoms with E-state index in [1.54, 1.807) is 7.11 Å². The molecule has 0 aromatic carbocycles. The Morgan fingerprint density at radius 2 is 2.42 bits per heavy atom. The maximum Gasteiger partial charge on any atom is 0.232 e. The van der Waals surface area contributed by atoms with E-state index in [1.807, 2.05) is 23.6 Å². The Morgan fingerprint density at radius 1 is 1.63 bits per heavy atom. The van der Waals surface area contributed by atoms with Crippen LogP contribution in [-0.2, 0) is 14.3 Å². The molecule has 5 nitrogen and oxygen atoms in total. The van der Waals surface area contributed by atoms with Crippen molar-refractivity contribution in [2.45, 2.75) is 25.4 Å². The molecule has 6 heteroatoms.